The number of furan rings is 4. The molecule has 8 heterocycles. The number of fused-ring (bicyclic) bond motifs is 27. The SMILES string of the molecule is [2H]C([2H])([2H])c1c[n+](C)c(-c2c(C)ccc3c2oc2c4c(ccc23)-c2ccccc2C4(C)C([2H])([2H])[2H])cc1C([2H])(C([2H])([2H])[2H])C([2H])([2H])[2H].[2H]C([2H])([2H])c1c[n+](C)c(-c2c(C)ccc3c2oc2c4c(ccc23)C(C([2H])(C)C([2H])([2H])[2H])(C([2H])(C([2H])([2H])[2H])C([2H])([2H])[2H])c2ccccc2-4)cc1C([2H])(C([2H])([2H])[2H])C([2H])([2H])[2H].[2H]C([2H])([2H])c1c[n+](C)c(-c2c(C)ccc3c2oc2c4c(ccc23)C(CC([2H])(C([2H])([2H])[2H])C([2H])([2H])[2H])(C([2H])([2H])C([2H])(C([2H])([2H])[2H])C([2H])([2H])[2H])c2ccccc2-4)cc1C([2H])(C([2H])([2H])[2H])C([2H])([2H])[2H].[2H]C([2H])([2H])c1c[n+](C)c(-c2c(C)ccc3c2oc2cc4c(cc23)C(C)(C([2H])([2H])[2H])c2ccccc2-4)cc1C([2H])(C([2H])([2H])[2H])C([2H])([2H])[2H]. The highest BCUT2D eigenvalue weighted by Gasteiger charge is 2.51. The molecule has 24 rings (SSSR count). The molecule has 0 radical (unpaired) electrons. The molecule has 5 unspecified atom stereocenters. The van der Waals surface area contributed by atoms with Gasteiger partial charge in [0.15, 0.2) is 24.8 Å². The van der Waals surface area contributed by atoms with E-state index in [4.69, 9.17) is 110 Å². The number of rotatable bonds is 14. The molecular formula is C138H148N4O4+4. The van der Waals surface area contributed by atoms with Crippen LogP contribution in [-0.4, -0.2) is 0 Å². The van der Waals surface area contributed by atoms with Crippen LogP contribution in [-0.2, 0) is 49.9 Å². The summed E-state index contributed by atoms with van der Waals surface area (Å²) in [7, 11) is 5.93. The minimum Gasteiger partial charge on any atom is -0.455 e. The van der Waals surface area contributed by atoms with Gasteiger partial charge in [-0.15, -0.1) is 0 Å². The van der Waals surface area contributed by atoms with Gasteiger partial charge in [0.2, 0.25) is 22.8 Å². The van der Waals surface area contributed by atoms with Crippen molar-refractivity contribution < 1.29 is 136 Å². The van der Waals surface area contributed by atoms with Crippen molar-refractivity contribution >= 4 is 87.8 Å². The predicted molar refractivity (Wildman–Crippen MR) is 612 cm³/mol. The van der Waals surface area contributed by atoms with Gasteiger partial charge in [0.1, 0.15) is 72.9 Å². The van der Waals surface area contributed by atoms with Crippen LogP contribution < -0.4 is 18.3 Å². The average Bonchev–Trinajstić information content (AvgIpc) is 1.47. The van der Waals surface area contributed by atoms with Gasteiger partial charge < -0.3 is 17.7 Å². The zero-order chi connectivity index (χ0) is 165. The van der Waals surface area contributed by atoms with Crippen molar-refractivity contribution in [1.82, 2.24) is 0 Å². The zero-order valence-electron chi connectivity index (χ0n) is 154. The molecule has 0 saturated heterocycles. The summed E-state index contributed by atoms with van der Waals surface area (Å²) < 4.78 is 647. The van der Waals surface area contributed by atoms with E-state index >= 15 is 0 Å². The van der Waals surface area contributed by atoms with Crippen LogP contribution in [0.25, 0.3) is 177 Å². The fourth-order valence-electron chi connectivity index (χ4n) is 22.9. The molecule has 8 nitrogen and oxygen atoms in total. The quantitative estimate of drug-likeness (QED) is 0.102. The van der Waals surface area contributed by atoms with Gasteiger partial charge in [0, 0.05) is 228 Å². The minimum atomic E-state index is -4.14. The van der Waals surface area contributed by atoms with Crippen LogP contribution in [0.5, 0.6) is 0 Å². The van der Waals surface area contributed by atoms with Crippen LogP contribution >= 0.6 is 0 Å². The molecule has 12 aromatic carbocycles. The van der Waals surface area contributed by atoms with Gasteiger partial charge in [-0.3, -0.25) is 0 Å². The second kappa shape index (κ2) is 36.2. The minimum absolute atomic E-state index is 0.0136. The summed E-state index contributed by atoms with van der Waals surface area (Å²) in [5.41, 5.74) is -4.63. The molecule has 8 aromatic heterocycles. The molecule has 0 bridgehead atoms. The molecular weight excluding hydrogens is 1780 g/mol. The molecule has 4 aliphatic rings. The maximum absolute atomic E-state index is 9.76. The number of aromatic nitrogens is 4. The lowest BCUT2D eigenvalue weighted by Gasteiger charge is -2.40. The molecule has 0 N–H and O–H groups in total. The third-order valence-electron chi connectivity index (χ3n) is 29.6. The van der Waals surface area contributed by atoms with Gasteiger partial charge in [-0.05, 0) is 250 Å². The molecule has 0 amide bonds. The number of nitrogens with zero attached hydrogens (tertiary/aromatic N) is 4. The lowest BCUT2D eigenvalue weighted by molar-refractivity contribution is -0.660. The fourth-order valence-corrected chi connectivity index (χ4v) is 22.9. The van der Waals surface area contributed by atoms with Crippen LogP contribution in [0, 0.1) is 78.7 Å². The average molecular weight is 2000 g/mol. The Balaban J connectivity index is 0.000000160. The zero-order valence-corrected chi connectivity index (χ0v) is 81.2. The molecule has 0 saturated carbocycles. The molecule has 146 heavy (non-hydrogen) atoms. The van der Waals surface area contributed by atoms with Gasteiger partial charge >= 0.3 is 0 Å². The summed E-state index contributed by atoms with van der Waals surface area (Å²) in [6.07, 6.45) is -1.24. The third kappa shape index (κ3) is 15.2. The molecule has 740 valence electrons. The second-order valence-electron chi connectivity index (χ2n) is 38.6. The van der Waals surface area contributed by atoms with E-state index in [0.29, 0.717) is 110 Å². The van der Waals surface area contributed by atoms with Crippen molar-refractivity contribution in [2.45, 2.75) is 250 Å². The highest BCUT2D eigenvalue weighted by atomic mass is 16.3. The Bertz CT molecular complexity index is 12000. The van der Waals surface area contributed by atoms with Crippen LogP contribution in [0.1, 0.15) is 385 Å². The van der Waals surface area contributed by atoms with Gasteiger partial charge in [-0.25, -0.2) is 18.3 Å². The molecule has 5 atom stereocenters. The highest BCUT2D eigenvalue weighted by Crippen LogP contribution is 2.63. The fraction of sp³-hybridized carbons (Fsp3) is 0.333. The second-order valence-corrected chi connectivity index (χ2v) is 38.6. The monoisotopic (exact) mass is 2000 g/mol. The number of pyridine rings is 4. The Kier molecular flexibility index (Phi) is 11.2. The molecule has 4 aliphatic carbocycles. The first-order chi connectivity index (χ1) is 98.8. The van der Waals surface area contributed by atoms with E-state index in [1.165, 1.54) is 105 Å². The number of hydrogen-bond acceptors (Lipinski definition) is 4. The Morgan fingerprint density at radius 3 is 1.08 bits per heavy atom. The summed E-state index contributed by atoms with van der Waals surface area (Å²) >= 11 is 0. The Labute approximate surface area is 968 Å². The van der Waals surface area contributed by atoms with Crippen molar-refractivity contribution in [2.24, 2.45) is 51.8 Å². The standard InChI is InChI=1S/C38H44NO.C36H40NO.2C32H32NO/c1-22(2)19-38(20-23(3)4)31-13-11-10-12-29(31)35-32(38)17-16-28-27-15-14-25(7)34(36(27)40-37(28)35)33-18-30(24(5)6)26(8)21-39(33)9;1-20(2)28-18-31(37(9)19-24(28)8)32-23(7)14-15-25-26-16-17-30-33(35(26)38-34(25)32)27-12-10-11-13-29(27)36(30,21(3)4)22(5)6;1-18(2)23-15-28(33(7)17-20(23)4)30-19(3)12-13-22-25-14-27-24(16-29(25)34-31(22)30)21-10-8-9-11-26(21)32(27,5)6;1-18(2)25-16-27(33(7)17-20(25)4)28-19(3)12-13-23-24-15-14-22-21-10-8-9-11-26(21)32(5,6)29(22)31(24)34-30(23)28/h10-18,21-24H,19-20H2,1-9H3;10-22H,1-9H3;2*8-18H,1-7H3/q4*+1/i1D3,2D3,3D3,4D3,5D3,6D3,8D3,19D2,22D,23D,24D;1D3,2D3,3D3,4D3,5D3,8D3,20D,21D,22D;2*1D3,2D3,4D3,5D3,18D. The van der Waals surface area contributed by atoms with Crippen LogP contribution in [0.4, 0.5) is 0 Å². The lowest BCUT2D eigenvalue weighted by Crippen LogP contribution is -2.37. The normalized spacial score (nSPS) is 27.1. The van der Waals surface area contributed by atoms with E-state index in [1.54, 1.807) is 104 Å². The van der Waals surface area contributed by atoms with Gasteiger partial charge in [-0.2, -0.15) is 0 Å². The number of aryl methyl sites for hydroxylation is 12. The molecule has 0 spiro atoms. The summed E-state index contributed by atoms with van der Waals surface area (Å²) in [6.45, 7) is -60.1. The third-order valence-corrected chi connectivity index (χ3v) is 29.6. The van der Waals surface area contributed by atoms with Crippen molar-refractivity contribution in [3.8, 4) is 89.5 Å². The smallest absolute Gasteiger partial charge is 0.216 e. The van der Waals surface area contributed by atoms with E-state index in [0.717, 1.165) is 72.2 Å². The van der Waals surface area contributed by atoms with E-state index in [1.807, 2.05) is 78.9 Å². The first-order valence-electron chi connectivity index (χ1n) is 83.4. The highest BCUT2D eigenvalue weighted by molar-refractivity contribution is 6.18. The van der Waals surface area contributed by atoms with Gasteiger partial charge in [0.25, 0.3) is 0 Å². The van der Waals surface area contributed by atoms with Crippen LogP contribution in [0.3, 0.4) is 0 Å². The van der Waals surface area contributed by atoms with E-state index in [2.05, 4.69) is 0 Å². The maximum Gasteiger partial charge on any atom is 0.216 e. The van der Waals surface area contributed by atoms with Crippen molar-refractivity contribution in [3.05, 3.63) is 354 Å². The molecule has 0 fully saturated rings. The summed E-state index contributed by atoms with van der Waals surface area (Å²) in [5.74, 6) is -27.9. The summed E-state index contributed by atoms with van der Waals surface area (Å²) in [4.78, 5) is 0. The van der Waals surface area contributed by atoms with Gasteiger partial charge in [0.05, 0.1) is 22.3 Å². The number of benzene rings is 12. The first kappa shape index (κ1) is 45.0. The van der Waals surface area contributed by atoms with Crippen molar-refractivity contribution in [3.63, 3.8) is 0 Å². The molecule has 0 aliphatic heterocycles. The Morgan fingerprint density at radius 1 is 0.295 bits per heavy atom. The van der Waals surface area contributed by atoms with E-state index in [-0.39, 0.29) is 106 Å². The number of hydrogen-bond donors (Lipinski definition) is 0. The predicted octanol–water partition coefficient (Wildman–Crippen LogP) is 35.8. The van der Waals surface area contributed by atoms with Crippen LogP contribution in [0.15, 0.2) is 261 Å². The lowest BCUT2D eigenvalue weighted by atomic mass is 9.63. The van der Waals surface area contributed by atoms with Crippen molar-refractivity contribution in [1.29, 1.82) is 0 Å². The van der Waals surface area contributed by atoms with Crippen molar-refractivity contribution in [2.75, 3.05) is 0 Å². The molecule has 8 heteroatoms. The van der Waals surface area contributed by atoms with Gasteiger partial charge in [-0.1, -0.05) is 313 Å². The topological polar surface area (TPSA) is 68.1 Å². The van der Waals surface area contributed by atoms with E-state index < -0.39 is 276 Å². The first-order valence-corrected chi connectivity index (χ1v) is 46.9. The van der Waals surface area contributed by atoms with Crippen LogP contribution in [0.2, 0.25) is 0 Å². The Morgan fingerprint density at radius 2 is 0.651 bits per heavy atom. The largest absolute Gasteiger partial charge is 0.455 e. The maximum atomic E-state index is 9.76. The van der Waals surface area contributed by atoms with E-state index in [9.17, 15) is 8.22 Å². The summed E-state index contributed by atoms with van der Waals surface area (Å²) in [6, 6.07) is 56.7. The Hall–Kier alpha value is -13.6. The molecule has 20 aromatic rings. The summed E-state index contributed by atoms with van der Waals surface area (Å²) in [5, 5.41) is 3.75.